The van der Waals surface area contributed by atoms with Crippen LogP contribution in [0.15, 0.2) is 30.3 Å². The fraction of sp³-hybridized carbons (Fsp3) is 0.389. The molecular formula is C18H20N4O. The van der Waals surface area contributed by atoms with Gasteiger partial charge in [0.25, 0.3) is 5.91 Å². The molecule has 1 heterocycles. The summed E-state index contributed by atoms with van der Waals surface area (Å²) in [6.45, 7) is 4.50. The largest absolute Gasteiger partial charge is 0.331 e. The van der Waals surface area contributed by atoms with Gasteiger partial charge in [-0.2, -0.15) is 10.4 Å². The van der Waals surface area contributed by atoms with Crippen molar-refractivity contribution in [3.8, 4) is 6.07 Å². The lowest BCUT2D eigenvalue weighted by Crippen LogP contribution is -2.36. The Morgan fingerprint density at radius 1 is 1.39 bits per heavy atom. The summed E-state index contributed by atoms with van der Waals surface area (Å²) in [5.74, 6) is 0.489. The first-order chi connectivity index (χ1) is 11.1. The van der Waals surface area contributed by atoms with Crippen molar-refractivity contribution in [2.24, 2.45) is 0 Å². The molecule has 1 aromatic carbocycles. The van der Waals surface area contributed by atoms with E-state index in [4.69, 9.17) is 5.26 Å². The fourth-order valence-corrected chi connectivity index (χ4v) is 2.57. The van der Waals surface area contributed by atoms with Crippen molar-refractivity contribution in [1.29, 1.82) is 5.26 Å². The molecule has 1 N–H and O–H groups in total. The number of rotatable bonds is 5. The number of aromatic nitrogens is 2. The average Bonchev–Trinajstić information content (AvgIpc) is 3.29. The topological polar surface area (TPSA) is 72.8 Å². The first kappa shape index (κ1) is 15.3. The molecule has 5 heteroatoms. The SMILES string of the molecule is CC(C)N(Cc1ccc(C#N)cc1)C(=O)c1cc(C2CC2)[nH]n1. The molecule has 1 aliphatic rings. The number of hydrogen-bond acceptors (Lipinski definition) is 3. The Bertz CT molecular complexity index is 735. The van der Waals surface area contributed by atoms with Gasteiger partial charge in [0.05, 0.1) is 11.6 Å². The second-order valence-corrected chi connectivity index (χ2v) is 6.32. The third-order valence-corrected chi connectivity index (χ3v) is 4.15. The van der Waals surface area contributed by atoms with Gasteiger partial charge >= 0.3 is 0 Å². The molecule has 0 saturated heterocycles. The summed E-state index contributed by atoms with van der Waals surface area (Å²) in [6.07, 6.45) is 2.35. The molecule has 23 heavy (non-hydrogen) atoms. The summed E-state index contributed by atoms with van der Waals surface area (Å²) in [5.41, 5.74) is 3.17. The fourth-order valence-electron chi connectivity index (χ4n) is 2.57. The number of nitriles is 1. The molecular weight excluding hydrogens is 288 g/mol. The highest BCUT2D eigenvalue weighted by Gasteiger charge is 2.28. The molecule has 0 spiro atoms. The van der Waals surface area contributed by atoms with Crippen molar-refractivity contribution in [2.45, 2.75) is 45.2 Å². The molecule has 0 atom stereocenters. The van der Waals surface area contributed by atoms with E-state index in [0.717, 1.165) is 11.3 Å². The third-order valence-electron chi connectivity index (χ3n) is 4.15. The van der Waals surface area contributed by atoms with Crippen LogP contribution in [0.1, 0.15) is 59.9 Å². The monoisotopic (exact) mass is 308 g/mol. The minimum Gasteiger partial charge on any atom is -0.331 e. The van der Waals surface area contributed by atoms with E-state index in [-0.39, 0.29) is 11.9 Å². The molecule has 0 bridgehead atoms. The lowest BCUT2D eigenvalue weighted by Gasteiger charge is -2.26. The van der Waals surface area contributed by atoms with E-state index in [1.165, 1.54) is 12.8 Å². The van der Waals surface area contributed by atoms with Crippen molar-refractivity contribution in [1.82, 2.24) is 15.1 Å². The van der Waals surface area contributed by atoms with E-state index in [2.05, 4.69) is 16.3 Å². The number of nitrogens with one attached hydrogen (secondary N) is 1. The summed E-state index contributed by atoms with van der Waals surface area (Å²) in [4.78, 5) is 14.6. The normalized spacial score (nSPS) is 13.8. The lowest BCUT2D eigenvalue weighted by atomic mass is 10.1. The number of amides is 1. The van der Waals surface area contributed by atoms with Crippen LogP contribution in [-0.4, -0.2) is 27.0 Å². The summed E-state index contributed by atoms with van der Waals surface area (Å²) in [7, 11) is 0. The van der Waals surface area contributed by atoms with Crippen LogP contribution in [0.5, 0.6) is 0 Å². The van der Waals surface area contributed by atoms with Gasteiger partial charge in [0.15, 0.2) is 0 Å². The molecule has 118 valence electrons. The lowest BCUT2D eigenvalue weighted by molar-refractivity contribution is 0.0684. The maximum Gasteiger partial charge on any atom is 0.274 e. The average molecular weight is 308 g/mol. The van der Waals surface area contributed by atoms with Crippen LogP contribution in [0, 0.1) is 11.3 Å². The van der Waals surface area contributed by atoms with E-state index in [1.807, 2.05) is 32.0 Å². The van der Waals surface area contributed by atoms with Gasteiger partial charge < -0.3 is 4.90 Å². The molecule has 2 aromatic rings. The van der Waals surface area contributed by atoms with Gasteiger partial charge in [-0.1, -0.05) is 12.1 Å². The van der Waals surface area contributed by atoms with Crippen molar-refractivity contribution in [2.75, 3.05) is 0 Å². The molecule has 1 aromatic heterocycles. The molecule has 1 saturated carbocycles. The van der Waals surface area contributed by atoms with E-state index in [0.29, 0.717) is 23.7 Å². The highest BCUT2D eigenvalue weighted by molar-refractivity contribution is 5.92. The highest BCUT2D eigenvalue weighted by atomic mass is 16.2. The second kappa shape index (κ2) is 6.25. The van der Waals surface area contributed by atoms with Gasteiger partial charge in [0.1, 0.15) is 5.69 Å². The van der Waals surface area contributed by atoms with Gasteiger partial charge in [0.2, 0.25) is 0 Å². The quantitative estimate of drug-likeness (QED) is 0.921. The number of benzene rings is 1. The van der Waals surface area contributed by atoms with Gasteiger partial charge in [0, 0.05) is 24.2 Å². The third kappa shape index (κ3) is 3.42. The highest BCUT2D eigenvalue weighted by Crippen LogP contribution is 2.39. The first-order valence-corrected chi connectivity index (χ1v) is 7.94. The second-order valence-electron chi connectivity index (χ2n) is 6.32. The summed E-state index contributed by atoms with van der Waals surface area (Å²) in [6, 6.07) is 11.4. The Morgan fingerprint density at radius 2 is 2.09 bits per heavy atom. The van der Waals surface area contributed by atoms with Crippen LogP contribution in [0.4, 0.5) is 0 Å². The predicted octanol–water partition coefficient (Wildman–Crippen LogP) is 3.21. The zero-order valence-electron chi connectivity index (χ0n) is 13.4. The molecule has 1 fully saturated rings. The zero-order chi connectivity index (χ0) is 16.4. The van der Waals surface area contributed by atoms with E-state index < -0.39 is 0 Å². The van der Waals surface area contributed by atoms with Crippen LogP contribution < -0.4 is 0 Å². The molecule has 0 unspecified atom stereocenters. The molecule has 0 aliphatic heterocycles. The van der Waals surface area contributed by atoms with Crippen LogP contribution in [0.2, 0.25) is 0 Å². The zero-order valence-corrected chi connectivity index (χ0v) is 13.4. The van der Waals surface area contributed by atoms with E-state index >= 15 is 0 Å². The number of H-pyrrole nitrogens is 1. The Morgan fingerprint density at radius 3 is 2.65 bits per heavy atom. The summed E-state index contributed by atoms with van der Waals surface area (Å²) in [5, 5.41) is 16.0. The molecule has 1 amide bonds. The Labute approximate surface area is 135 Å². The number of carbonyl (C=O) groups is 1. The minimum atomic E-state index is -0.0625. The Balaban J connectivity index is 1.76. The van der Waals surface area contributed by atoms with Crippen LogP contribution in [0.3, 0.4) is 0 Å². The van der Waals surface area contributed by atoms with Gasteiger partial charge in [-0.15, -0.1) is 0 Å². The van der Waals surface area contributed by atoms with Crippen LogP contribution in [-0.2, 0) is 6.54 Å². The van der Waals surface area contributed by atoms with Gasteiger partial charge in [-0.3, -0.25) is 9.89 Å². The van der Waals surface area contributed by atoms with Crippen molar-refractivity contribution >= 4 is 5.91 Å². The van der Waals surface area contributed by atoms with Gasteiger partial charge in [-0.05, 0) is 50.5 Å². The summed E-state index contributed by atoms with van der Waals surface area (Å²) < 4.78 is 0. The maximum absolute atomic E-state index is 12.8. The van der Waals surface area contributed by atoms with Gasteiger partial charge in [-0.25, -0.2) is 0 Å². The first-order valence-electron chi connectivity index (χ1n) is 7.94. The maximum atomic E-state index is 12.8. The van der Waals surface area contributed by atoms with E-state index in [9.17, 15) is 4.79 Å². The van der Waals surface area contributed by atoms with Crippen molar-refractivity contribution in [3.63, 3.8) is 0 Å². The van der Waals surface area contributed by atoms with E-state index in [1.54, 1.807) is 17.0 Å². The molecule has 3 rings (SSSR count). The Kier molecular flexibility index (Phi) is 4.16. The number of aromatic amines is 1. The predicted molar refractivity (Wildman–Crippen MR) is 86.7 cm³/mol. The number of carbonyl (C=O) groups excluding carboxylic acids is 1. The molecule has 1 aliphatic carbocycles. The Hall–Kier alpha value is -2.61. The number of hydrogen-bond donors (Lipinski definition) is 1. The summed E-state index contributed by atoms with van der Waals surface area (Å²) >= 11 is 0. The van der Waals surface area contributed by atoms with Crippen LogP contribution >= 0.6 is 0 Å². The smallest absolute Gasteiger partial charge is 0.274 e. The minimum absolute atomic E-state index is 0.0625. The standard InChI is InChI=1S/C18H20N4O/c1-12(2)22(11-14-5-3-13(10-19)4-6-14)18(23)17-9-16(20-21-17)15-7-8-15/h3-6,9,12,15H,7-8,11H2,1-2H3,(H,20,21). The van der Waals surface area contributed by atoms with Crippen molar-refractivity contribution < 1.29 is 4.79 Å². The molecule has 5 nitrogen and oxygen atoms in total. The number of nitrogens with zero attached hydrogens (tertiary/aromatic N) is 3. The molecule has 0 radical (unpaired) electrons. The van der Waals surface area contributed by atoms with Crippen molar-refractivity contribution in [3.05, 3.63) is 52.8 Å². The van der Waals surface area contributed by atoms with Crippen LogP contribution in [0.25, 0.3) is 0 Å².